The lowest BCUT2D eigenvalue weighted by Gasteiger charge is -2.01. The van der Waals surface area contributed by atoms with Crippen molar-refractivity contribution in [2.45, 2.75) is 26.2 Å². The molecule has 0 fully saturated rings. The predicted molar refractivity (Wildman–Crippen MR) is 42.9 cm³/mol. The fourth-order valence-corrected chi connectivity index (χ4v) is 1.02. The quantitative estimate of drug-likeness (QED) is 0.702. The average molecular weight is 156 g/mol. The van der Waals surface area contributed by atoms with Crippen LogP contribution in [-0.4, -0.2) is 10.7 Å². The van der Waals surface area contributed by atoms with Gasteiger partial charge in [-0.3, -0.25) is 0 Å². The van der Waals surface area contributed by atoms with E-state index < -0.39 is 6.17 Å². The SMILES string of the molecule is CC(F)Cn1ccc(CN)c1. The summed E-state index contributed by atoms with van der Waals surface area (Å²) in [5.41, 5.74) is 6.43. The van der Waals surface area contributed by atoms with Crippen molar-refractivity contribution in [3.05, 3.63) is 24.0 Å². The minimum Gasteiger partial charge on any atom is -0.351 e. The highest BCUT2D eigenvalue weighted by molar-refractivity contribution is 5.09. The molecule has 11 heavy (non-hydrogen) atoms. The van der Waals surface area contributed by atoms with Crippen LogP contribution in [0.2, 0.25) is 0 Å². The minimum atomic E-state index is -0.798. The zero-order chi connectivity index (χ0) is 8.27. The summed E-state index contributed by atoms with van der Waals surface area (Å²) in [6, 6.07) is 1.91. The fourth-order valence-electron chi connectivity index (χ4n) is 1.02. The summed E-state index contributed by atoms with van der Waals surface area (Å²) >= 11 is 0. The summed E-state index contributed by atoms with van der Waals surface area (Å²) in [6.07, 6.45) is 2.92. The van der Waals surface area contributed by atoms with E-state index in [0.29, 0.717) is 13.1 Å². The van der Waals surface area contributed by atoms with Gasteiger partial charge < -0.3 is 10.3 Å². The molecule has 0 bridgehead atoms. The second-order valence-corrected chi connectivity index (χ2v) is 2.70. The molecule has 1 aromatic heterocycles. The van der Waals surface area contributed by atoms with Crippen molar-refractivity contribution in [2.24, 2.45) is 5.73 Å². The summed E-state index contributed by atoms with van der Waals surface area (Å²) < 4.78 is 14.3. The molecule has 1 aromatic rings. The van der Waals surface area contributed by atoms with Crippen molar-refractivity contribution in [3.63, 3.8) is 0 Å². The normalized spacial score (nSPS) is 13.4. The Balaban J connectivity index is 2.58. The number of hydrogen-bond donors (Lipinski definition) is 1. The minimum absolute atomic E-state index is 0.417. The first-order chi connectivity index (χ1) is 5.22. The van der Waals surface area contributed by atoms with Crippen LogP contribution in [0, 0.1) is 0 Å². The van der Waals surface area contributed by atoms with E-state index in [-0.39, 0.29) is 0 Å². The van der Waals surface area contributed by atoms with Gasteiger partial charge in [0.1, 0.15) is 6.17 Å². The van der Waals surface area contributed by atoms with Gasteiger partial charge in [-0.25, -0.2) is 4.39 Å². The van der Waals surface area contributed by atoms with Gasteiger partial charge in [0.25, 0.3) is 0 Å². The second kappa shape index (κ2) is 3.53. The summed E-state index contributed by atoms with van der Waals surface area (Å²) in [4.78, 5) is 0. The largest absolute Gasteiger partial charge is 0.351 e. The van der Waals surface area contributed by atoms with E-state index in [9.17, 15) is 4.39 Å². The van der Waals surface area contributed by atoms with Crippen LogP contribution in [0.5, 0.6) is 0 Å². The molecule has 0 aliphatic rings. The third-order valence-electron chi connectivity index (χ3n) is 1.51. The summed E-state index contributed by atoms with van der Waals surface area (Å²) in [6.45, 7) is 2.48. The topological polar surface area (TPSA) is 30.9 Å². The number of aromatic nitrogens is 1. The molecule has 0 aromatic carbocycles. The maximum atomic E-state index is 12.4. The molecule has 3 heteroatoms. The summed E-state index contributed by atoms with van der Waals surface area (Å²) in [7, 11) is 0. The van der Waals surface area contributed by atoms with Crippen molar-refractivity contribution in [3.8, 4) is 0 Å². The first-order valence-electron chi connectivity index (χ1n) is 3.71. The van der Waals surface area contributed by atoms with E-state index in [1.54, 1.807) is 6.92 Å². The number of halogens is 1. The Kier molecular flexibility index (Phi) is 2.65. The van der Waals surface area contributed by atoms with E-state index >= 15 is 0 Å². The molecule has 0 radical (unpaired) electrons. The highest BCUT2D eigenvalue weighted by Crippen LogP contribution is 2.02. The average Bonchev–Trinajstić information content (AvgIpc) is 2.34. The highest BCUT2D eigenvalue weighted by atomic mass is 19.1. The van der Waals surface area contributed by atoms with E-state index in [0.717, 1.165) is 5.56 Å². The highest BCUT2D eigenvalue weighted by Gasteiger charge is 1.99. The number of hydrogen-bond acceptors (Lipinski definition) is 1. The van der Waals surface area contributed by atoms with E-state index in [2.05, 4.69) is 0 Å². The van der Waals surface area contributed by atoms with Crippen LogP contribution in [0.1, 0.15) is 12.5 Å². The fraction of sp³-hybridized carbons (Fsp3) is 0.500. The zero-order valence-electron chi connectivity index (χ0n) is 6.63. The van der Waals surface area contributed by atoms with Gasteiger partial charge in [-0.2, -0.15) is 0 Å². The first kappa shape index (κ1) is 8.27. The summed E-state index contributed by atoms with van der Waals surface area (Å²) in [5.74, 6) is 0. The maximum Gasteiger partial charge on any atom is 0.115 e. The van der Waals surface area contributed by atoms with Crippen LogP contribution in [0.3, 0.4) is 0 Å². The number of nitrogens with zero attached hydrogens (tertiary/aromatic N) is 1. The molecular weight excluding hydrogens is 143 g/mol. The maximum absolute atomic E-state index is 12.4. The Morgan fingerprint density at radius 3 is 2.91 bits per heavy atom. The van der Waals surface area contributed by atoms with E-state index in [1.807, 2.05) is 23.0 Å². The van der Waals surface area contributed by atoms with Gasteiger partial charge in [0.15, 0.2) is 0 Å². The Labute approximate surface area is 65.8 Å². The van der Waals surface area contributed by atoms with E-state index in [4.69, 9.17) is 5.73 Å². The van der Waals surface area contributed by atoms with Gasteiger partial charge in [0, 0.05) is 18.9 Å². The first-order valence-corrected chi connectivity index (χ1v) is 3.71. The monoisotopic (exact) mass is 156 g/mol. The molecule has 2 N–H and O–H groups in total. The third-order valence-corrected chi connectivity index (χ3v) is 1.51. The van der Waals surface area contributed by atoms with Crippen LogP contribution in [0.25, 0.3) is 0 Å². The molecule has 1 atom stereocenters. The van der Waals surface area contributed by atoms with Gasteiger partial charge >= 0.3 is 0 Å². The molecule has 0 aliphatic heterocycles. The molecule has 1 unspecified atom stereocenters. The number of rotatable bonds is 3. The van der Waals surface area contributed by atoms with Crippen molar-refractivity contribution < 1.29 is 4.39 Å². The molecule has 2 nitrogen and oxygen atoms in total. The Morgan fingerprint density at radius 1 is 1.73 bits per heavy atom. The molecular formula is C8H13FN2. The van der Waals surface area contributed by atoms with Gasteiger partial charge in [0.05, 0.1) is 6.54 Å². The smallest absolute Gasteiger partial charge is 0.115 e. The van der Waals surface area contributed by atoms with Crippen molar-refractivity contribution in [2.75, 3.05) is 0 Å². The van der Waals surface area contributed by atoms with Gasteiger partial charge in [-0.1, -0.05) is 0 Å². The lowest BCUT2D eigenvalue weighted by molar-refractivity contribution is 0.321. The van der Waals surface area contributed by atoms with E-state index in [1.165, 1.54) is 0 Å². The van der Waals surface area contributed by atoms with Crippen LogP contribution in [0.4, 0.5) is 4.39 Å². The molecule has 1 heterocycles. The van der Waals surface area contributed by atoms with Gasteiger partial charge in [-0.15, -0.1) is 0 Å². The lowest BCUT2D eigenvalue weighted by atomic mass is 10.3. The van der Waals surface area contributed by atoms with Crippen molar-refractivity contribution in [1.82, 2.24) is 4.57 Å². The standard InChI is InChI=1S/C8H13FN2/c1-7(9)5-11-3-2-8(4-10)6-11/h2-3,6-7H,4-5,10H2,1H3. The molecule has 0 spiro atoms. The second-order valence-electron chi connectivity index (χ2n) is 2.70. The number of nitrogens with two attached hydrogens (primary N) is 1. The summed E-state index contributed by atoms with van der Waals surface area (Å²) in [5, 5.41) is 0. The molecule has 62 valence electrons. The Hall–Kier alpha value is -0.830. The molecule has 0 aliphatic carbocycles. The Bertz CT molecular complexity index is 218. The number of alkyl halides is 1. The molecule has 1 rings (SSSR count). The van der Waals surface area contributed by atoms with Crippen molar-refractivity contribution in [1.29, 1.82) is 0 Å². The molecule has 0 saturated carbocycles. The van der Waals surface area contributed by atoms with Gasteiger partial charge in [-0.05, 0) is 18.6 Å². The van der Waals surface area contributed by atoms with Crippen LogP contribution < -0.4 is 5.73 Å². The molecule has 0 saturated heterocycles. The zero-order valence-corrected chi connectivity index (χ0v) is 6.63. The third kappa shape index (κ3) is 2.35. The van der Waals surface area contributed by atoms with Crippen LogP contribution in [-0.2, 0) is 13.1 Å². The molecule has 0 amide bonds. The van der Waals surface area contributed by atoms with Gasteiger partial charge in [0.2, 0.25) is 0 Å². The lowest BCUT2D eigenvalue weighted by Crippen LogP contribution is -2.05. The van der Waals surface area contributed by atoms with Crippen LogP contribution >= 0.6 is 0 Å². The predicted octanol–water partition coefficient (Wildman–Crippen LogP) is 1.30. The Morgan fingerprint density at radius 2 is 2.45 bits per heavy atom. The van der Waals surface area contributed by atoms with Crippen molar-refractivity contribution >= 4 is 0 Å². The van der Waals surface area contributed by atoms with Crippen LogP contribution in [0.15, 0.2) is 18.5 Å².